The summed E-state index contributed by atoms with van der Waals surface area (Å²) in [4.78, 5) is 34.5. The third-order valence-corrected chi connectivity index (χ3v) is 4.41. The van der Waals surface area contributed by atoms with Gasteiger partial charge in [-0.3, -0.25) is 30.6 Å². The molecule has 9 heteroatoms. The fourth-order valence-corrected chi connectivity index (χ4v) is 2.62. The standard InChI is InChI=1S/C22H27N3O6/c1-3-4-5-6-15-30-19-11-7-17(8-12-19)22(27)24-23-21(26)16(2)31-20-13-9-18(10-14-20)25(28)29/h7-14,16H,3-6,15H2,1-2H3,(H,23,26)(H,24,27). The van der Waals surface area contributed by atoms with Gasteiger partial charge >= 0.3 is 0 Å². The molecule has 0 aliphatic carbocycles. The average molecular weight is 429 g/mol. The number of carbonyl (C=O) groups excluding carboxylic acids is 2. The molecule has 0 aliphatic rings. The van der Waals surface area contributed by atoms with Crippen molar-refractivity contribution >= 4 is 17.5 Å². The molecule has 0 heterocycles. The second kappa shape index (κ2) is 12.2. The van der Waals surface area contributed by atoms with Crippen LogP contribution in [0.15, 0.2) is 48.5 Å². The Hall–Kier alpha value is -3.62. The minimum absolute atomic E-state index is 0.0790. The number of hydrogen-bond donors (Lipinski definition) is 2. The first-order valence-corrected chi connectivity index (χ1v) is 10.1. The van der Waals surface area contributed by atoms with Crippen LogP contribution in [-0.4, -0.2) is 29.4 Å². The van der Waals surface area contributed by atoms with E-state index >= 15 is 0 Å². The van der Waals surface area contributed by atoms with Crippen molar-refractivity contribution in [3.8, 4) is 11.5 Å². The van der Waals surface area contributed by atoms with Crippen molar-refractivity contribution < 1.29 is 24.0 Å². The first kappa shape index (κ1) is 23.7. The third kappa shape index (κ3) is 7.96. The van der Waals surface area contributed by atoms with E-state index in [1.165, 1.54) is 44.0 Å². The Balaban J connectivity index is 1.76. The fraction of sp³-hybridized carbons (Fsp3) is 0.364. The van der Waals surface area contributed by atoms with E-state index in [4.69, 9.17) is 9.47 Å². The van der Waals surface area contributed by atoms with E-state index in [0.717, 1.165) is 12.8 Å². The summed E-state index contributed by atoms with van der Waals surface area (Å²) in [5, 5.41) is 10.7. The molecule has 0 aromatic heterocycles. The second-order valence-electron chi connectivity index (χ2n) is 6.89. The van der Waals surface area contributed by atoms with Crippen molar-refractivity contribution in [1.29, 1.82) is 0 Å². The number of nitro groups is 1. The molecule has 0 fully saturated rings. The van der Waals surface area contributed by atoms with E-state index in [-0.39, 0.29) is 5.69 Å². The largest absolute Gasteiger partial charge is 0.494 e. The molecule has 9 nitrogen and oxygen atoms in total. The van der Waals surface area contributed by atoms with E-state index in [9.17, 15) is 19.7 Å². The molecular weight excluding hydrogens is 402 g/mol. The average Bonchev–Trinajstić information content (AvgIpc) is 2.77. The van der Waals surface area contributed by atoms with Crippen molar-refractivity contribution in [2.24, 2.45) is 0 Å². The second-order valence-corrected chi connectivity index (χ2v) is 6.89. The zero-order valence-electron chi connectivity index (χ0n) is 17.6. The lowest BCUT2D eigenvalue weighted by Crippen LogP contribution is -2.47. The molecular formula is C22H27N3O6. The zero-order valence-corrected chi connectivity index (χ0v) is 17.6. The molecule has 2 aromatic carbocycles. The minimum atomic E-state index is -0.926. The predicted molar refractivity (Wildman–Crippen MR) is 115 cm³/mol. The number of amides is 2. The number of unbranched alkanes of at least 4 members (excludes halogenated alkanes) is 3. The molecule has 0 saturated carbocycles. The Labute approximate surface area is 180 Å². The van der Waals surface area contributed by atoms with Gasteiger partial charge in [-0.2, -0.15) is 0 Å². The monoisotopic (exact) mass is 429 g/mol. The van der Waals surface area contributed by atoms with Crippen LogP contribution in [0.3, 0.4) is 0 Å². The summed E-state index contributed by atoms with van der Waals surface area (Å²) in [7, 11) is 0. The van der Waals surface area contributed by atoms with Gasteiger partial charge in [0, 0.05) is 17.7 Å². The lowest BCUT2D eigenvalue weighted by Gasteiger charge is -2.15. The first-order chi connectivity index (χ1) is 14.9. The predicted octanol–water partition coefficient (Wildman–Crippen LogP) is 3.78. The van der Waals surface area contributed by atoms with Gasteiger partial charge in [0.2, 0.25) is 0 Å². The number of nitro benzene ring substituents is 1. The summed E-state index contributed by atoms with van der Waals surface area (Å²) < 4.78 is 11.1. The zero-order chi connectivity index (χ0) is 22.6. The molecule has 2 N–H and O–H groups in total. The van der Waals surface area contributed by atoms with Gasteiger partial charge in [0.15, 0.2) is 6.10 Å². The smallest absolute Gasteiger partial charge is 0.279 e. The maximum Gasteiger partial charge on any atom is 0.279 e. The van der Waals surface area contributed by atoms with Gasteiger partial charge in [-0.05, 0) is 49.7 Å². The fourth-order valence-electron chi connectivity index (χ4n) is 2.62. The summed E-state index contributed by atoms with van der Waals surface area (Å²) in [6.45, 7) is 4.28. The number of nitrogens with zero attached hydrogens (tertiary/aromatic N) is 1. The molecule has 2 rings (SSSR count). The normalized spacial score (nSPS) is 11.3. The maximum atomic E-state index is 12.2. The molecule has 0 aliphatic heterocycles. The number of hydrogen-bond acceptors (Lipinski definition) is 6. The highest BCUT2D eigenvalue weighted by molar-refractivity contribution is 5.95. The number of benzene rings is 2. The van der Waals surface area contributed by atoms with Crippen LogP contribution in [0.1, 0.15) is 49.9 Å². The van der Waals surface area contributed by atoms with Crippen LogP contribution in [0.4, 0.5) is 5.69 Å². The van der Waals surface area contributed by atoms with Gasteiger partial charge in [-0.1, -0.05) is 26.2 Å². The van der Waals surface area contributed by atoms with Gasteiger partial charge in [-0.15, -0.1) is 0 Å². The number of ether oxygens (including phenoxy) is 2. The van der Waals surface area contributed by atoms with E-state index in [2.05, 4.69) is 17.8 Å². The molecule has 0 radical (unpaired) electrons. The molecule has 2 aromatic rings. The highest BCUT2D eigenvalue weighted by Gasteiger charge is 2.16. The highest BCUT2D eigenvalue weighted by Crippen LogP contribution is 2.18. The van der Waals surface area contributed by atoms with E-state index < -0.39 is 22.8 Å². The number of nitrogens with one attached hydrogen (secondary N) is 2. The molecule has 0 saturated heterocycles. The summed E-state index contributed by atoms with van der Waals surface area (Å²) in [6.07, 6.45) is 3.55. The lowest BCUT2D eigenvalue weighted by atomic mass is 10.2. The van der Waals surface area contributed by atoms with Gasteiger partial charge in [0.05, 0.1) is 11.5 Å². The van der Waals surface area contributed by atoms with Crippen molar-refractivity contribution in [2.45, 2.75) is 45.6 Å². The van der Waals surface area contributed by atoms with Crippen molar-refractivity contribution in [2.75, 3.05) is 6.61 Å². The molecule has 0 bridgehead atoms. The molecule has 1 atom stereocenters. The van der Waals surface area contributed by atoms with E-state index in [1.807, 2.05) is 0 Å². The highest BCUT2D eigenvalue weighted by atomic mass is 16.6. The molecule has 166 valence electrons. The quantitative estimate of drug-likeness (QED) is 0.319. The topological polar surface area (TPSA) is 120 Å². The van der Waals surface area contributed by atoms with Gasteiger partial charge in [-0.25, -0.2) is 0 Å². The van der Waals surface area contributed by atoms with Gasteiger partial charge < -0.3 is 9.47 Å². The van der Waals surface area contributed by atoms with E-state index in [0.29, 0.717) is 23.7 Å². The van der Waals surface area contributed by atoms with Crippen LogP contribution in [0.2, 0.25) is 0 Å². The Morgan fingerprint density at radius 3 is 2.23 bits per heavy atom. The maximum absolute atomic E-state index is 12.2. The Bertz CT molecular complexity index is 868. The van der Waals surface area contributed by atoms with Crippen LogP contribution in [0.25, 0.3) is 0 Å². The van der Waals surface area contributed by atoms with Crippen LogP contribution in [0, 0.1) is 10.1 Å². The summed E-state index contributed by atoms with van der Waals surface area (Å²) in [5.41, 5.74) is 4.91. The van der Waals surface area contributed by atoms with Crippen molar-refractivity contribution in [1.82, 2.24) is 10.9 Å². The van der Waals surface area contributed by atoms with Crippen LogP contribution in [-0.2, 0) is 4.79 Å². The Kier molecular flexibility index (Phi) is 9.28. The number of carbonyl (C=O) groups is 2. The van der Waals surface area contributed by atoms with Crippen LogP contribution >= 0.6 is 0 Å². The van der Waals surface area contributed by atoms with E-state index in [1.54, 1.807) is 24.3 Å². The van der Waals surface area contributed by atoms with Gasteiger partial charge in [0.25, 0.3) is 17.5 Å². The summed E-state index contributed by atoms with van der Waals surface area (Å²) >= 11 is 0. The van der Waals surface area contributed by atoms with Crippen LogP contribution in [0.5, 0.6) is 11.5 Å². The number of hydrazine groups is 1. The summed E-state index contributed by atoms with van der Waals surface area (Å²) in [6, 6.07) is 12.0. The Morgan fingerprint density at radius 2 is 1.61 bits per heavy atom. The first-order valence-electron chi connectivity index (χ1n) is 10.1. The number of rotatable bonds is 11. The summed E-state index contributed by atoms with van der Waals surface area (Å²) in [5.74, 6) is -0.0730. The number of non-ortho nitro benzene ring substituents is 1. The molecule has 0 spiro atoms. The Morgan fingerprint density at radius 1 is 0.968 bits per heavy atom. The lowest BCUT2D eigenvalue weighted by molar-refractivity contribution is -0.384. The van der Waals surface area contributed by atoms with Crippen LogP contribution < -0.4 is 20.3 Å². The van der Waals surface area contributed by atoms with Gasteiger partial charge in [0.1, 0.15) is 11.5 Å². The third-order valence-electron chi connectivity index (χ3n) is 4.41. The molecule has 2 amide bonds. The molecule has 1 unspecified atom stereocenters. The minimum Gasteiger partial charge on any atom is -0.494 e. The molecule has 31 heavy (non-hydrogen) atoms. The van der Waals surface area contributed by atoms with Crippen molar-refractivity contribution in [3.05, 3.63) is 64.2 Å². The van der Waals surface area contributed by atoms with Crippen molar-refractivity contribution in [3.63, 3.8) is 0 Å². The SMILES string of the molecule is CCCCCCOc1ccc(C(=O)NNC(=O)C(C)Oc2ccc([N+](=O)[O-])cc2)cc1.